The first-order valence-electron chi connectivity index (χ1n) is 11.0. The third-order valence-corrected chi connectivity index (χ3v) is 6.65. The largest absolute Gasteiger partial charge is 0.463 e. The van der Waals surface area contributed by atoms with Gasteiger partial charge in [0.2, 0.25) is 0 Å². The first-order chi connectivity index (χ1) is 13.1. The van der Waals surface area contributed by atoms with Gasteiger partial charge in [-0.15, -0.1) is 0 Å². The lowest BCUT2D eigenvalue weighted by Crippen LogP contribution is -2.18. The summed E-state index contributed by atoms with van der Waals surface area (Å²) in [6.45, 7) is 4.49. The number of allylic oxidation sites excluding steroid dienone is 1. The Hall–Kier alpha value is -0.770. The predicted octanol–water partition coefficient (Wildman–Crippen LogP) is 6.35. The van der Waals surface area contributed by atoms with Crippen molar-refractivity contribution in [3.05, 3.63) is 12.2 Å². The Kier molecular flexibility index (Phi) is 13.7. The molecule has 0 spiro atoms. The van der Waals surface area contributed by atoms with E-state index >= 15 is 0 Å². The van der Waals surface area contributed by atoms with Crippen LogP contribution in [-0.2, 0) is 14.3 Å². The van der Waals surface area contributed by atoms with Gasteiger partial charge in [0, 0.05) is 12.0 Å². The van der Waals surface area contributed by atoms with E-state index in [0.29, 0.717) is 18.3 Å². The summed E-state index contributed by atoms with van der Waals surface area (Å²) in [5.74, 6) is 1.11. The van der Waals surface area contributed by atoms with Crippen LogP contribution in [0.1, 0.15) is 90.9 Å². The summed E-state index contributed by atoms with van der Waals surface area (Å²) < 4.78 is 4.88. The van der Waals surface area contributed by atoms with Gasteiger partial charge < -0.3 is 4.74 Å². The fraction of sp³-hybridized carbons (Fsp3) is 0.826. The SMILES string of the molecule is CCCCCCCC[C@H]1CC(SC)C(=O)[C@@H]1CCCCC=CC(=O)OCC. The standard InChI is InChI=1S/C23H40O3S/c1-4-6-7-8-9-12-15-19-18-21(27-3)23(25)20(19)16-13-10-11-14-17-22(24)26-5-2/h14,17,19-21H,4-13,15-16,18H2,1-3H3/t19-,20+,21?/m0/s1. The normalized spacial score (nSPS) is 22.6. The highest BCUT2D eigenvalue weighted by Gasteiger charge is 2.40. The van der Waals surface area contributed by atoms with Gasteiger partial charge in [-0.2, -0.15) is 11.8 Å². The highest BCUT2D eigenvalue weighted by Crippen LogP contribution is 2.40. The van der Waals surface area contributed by atoms with Crippen LogP contribution in [0.2, 0.25) is 0 Å². The summed E-state index contributed by atoms with van der Waals surface area (Å²) in [4.78, 5) is 24.0. The van der Waals surface area contributed by atoms with Crippen LogP contribution < -0.4 is 0 Å². The molecule has 1 aliphatic rings. The molecule has 0 aliphatic heterocycles. The molecule has 27 heavy (non-hydrogen) atoms. The molecular formula is C23H40O3S. The Morgan fingerprint density at radius 2 is 1.78 bits per heavy atom. The zero-order valence-corrected chi connectivity index (χ0v) is 18.5. The predicted molar refractivity (Wildman–Crippen MR) is 116 cm³/mol. The number of hydrogen-bond donors (Lipinski definition) is 0. The fourth-order valence-electron chi connectivity index (χ4n) is 4.12. The van der Waals surface area contributed by atoms with Crippen LogP contribution in [0.4, 0.5) is 0 Å². The highest BCUT2D eigenvalue weighted by atomic mass is 32.2. The zero-order chi connectivity index (χ0) is 19.9. The van der Waals surface area contributed by atoms with Gasteiger partial charge in [0.1, 0.15) is 5.78 Å². The van der Waals surface area contributed by atoms with Gasteiger partial charge in [0.15, 0.2) is 0 Å². The molecule has 0 heterocycles. The van der Waals surface area contributed by atoms with Crippen LogP contribution in [0.15, 0.2) is 12.2 Å². The van der Waals surface area contributed by atoms with Crippen LogP contribution in [0.5, 0.6) is 0 Å². The topological polar surface area (TPSA) is 43.4 Å². The van der Waals surface area contributed by atoms with E-state index < -0.39 is 0 Å². The monoisotopic (exact) mass is 396 g/mol. The van der Waals surface area contributed by atoms with Gasteiger partial charge in [-0.25, -0.2) is 4.79 Å². The molecule has 3 nitrogen and oxygen atoms in total. The van der Waals surface area contributed by atoms with Gasteiger partial charge >= 0.3 is 5.97 Å². The molecular weight excluding hydrogens is 356 g/mol. The van der Waals surface area contributed by atoms with Gasteiger partial charge in [-0.1, -0.05) is 57.9 Å². The Morgan fingerprint density at radius 3 is 2.48 bits per heavy atom. The number of hydrogen-bond acceptors (Lipinski definition) is 4. The van der Waals surface area contributed by atoms with E-state index in [-0.39, 0.29) is 17.1 Å². The van der Waals surface area contributed by atoms with Crippen molar-refractivity contribution in [1.29, 1.82) is 0 Å². The van der Waals surface area contributed by atoms with Gasteiger partial charge in [-0.3, -0.25) is 4.79 Å². The molecule has 1 saturated carbocycles. The van der Waals surface area contributed by atoms with Gasteiger partial charge in [0.05, 0.1) is 11.9 Å². The number of thioether (sulfide) groups is 1. The molecule has 0 aromatic carbocycles. The molecule has 0 aromatic heterocycles. The lowest BCUT2D eigenvalue weighted by molar-refractivity contribution is -0.137. The Bertz CT molecular complexity index is 447. The number of carbonyl (C=O) groups is 2. The smallest absolute Gasteiger partial charge is 0.330 e. The van der Waals surface area contributed by atoms with Crippen molar-refractivity contribution < 1.29 is 14.3 Å². The van der Waals surface area contributed by atoms with Crippen LogP contribution in [0, 0.1) is 11.8 Å². The maximum Gasteiger partial charge on any atom is 0.330 e. The van der Waals surface area contributed by atoms with Crippen LogP contribution in [0.3, 0.4) is 0 Å². The number of carbonyl (C=O) groups excluding carboxylic acids is 2. The molecule has 4 heteroatoms. The van der Waals surface area contributed by atoms with E-state index in [2.05, 4.69) is 13.2 Å². The van der Waals surface area contributed by atoms with Crippen molar-refractivity contribution in [3.63, 3.8) is 0 Å². The molecule has 0 radical (unpaired) electrons. The summed E-state index contributed by atoms with van der Waals surface area (Å²) in [6.07, 6.45) is 19.8. The number of ketones is 1. The summed E-state index contributed by atoms with van der Waals surface area (Å²) in [5.41, 5.74) is 0. The van der Waals surface area contributed by atoms with E-state index in [1.54, 1.807) is 11.8 Å². The molecule has 1 aliphatic carbocycles. The molecule has 0 saturated heterocycles. The number of unbranched alkanes of at least 4 members (excludes halogenated alkanes) is 7. The molecule has 1 unspecified atom stereocenters. The summed E-state index contributed by atoms with van der Waals surface area (Å²) in [5, 5.41) is 0.226. The van der Waals surface area contributed by atoms with Gasteiger partial charge in [0.25, 0.3) is 0 Å². The number of ether oxygens (including phenoxy) is 1. The minimum absolute atomic E-state index is 0.226. The van der Waals surface area contributed by atoms with Gasteiger partial charge in [-0.05, 0) is 51.2 Å². The maximum absolute atomic E-state index is 12.7. The third-order valence-electron chi connectivity index (χ3n) is 5.66. The second-order valence-electron chi connectivity index (χ2n) is 7.72. The van der Waals surface area contributed by atoms with E-state index in [0.717, 1.165) is 32.1 Å². The van der Waals surface area contributed by atoms with Crippen LogP contribution in [0.25, 0.3) is 0 Å². The fourth-order valence-corrected chi connectivity index (χ4v) is 4.97. The molecule has 156 valence electrons. The van der Waals surface area contributed by atoms with Crippen molar-refractivity contribution in [2.45, 2.75) is 96.1 Å². The average Bonchev–Trinajstić information content (AvgIpc) is 2.96. The highest BCUT2D eigenvalue weighted by molar-refractivity contribution is 7.99. The Morgan fingerprint density at radius 1 is 1.07 bits per heavy atom. The molecule has 0 bridgehead atoms. The van der Waals surface area contributed by atoms with Crippen molar-refractivity contribution in [1.82, 2.24) is 0 Å². The quantitative estimate of drug-likeness (QED) is 0.184. The van der Waals surface area contributed by atoms with E-state index in [9.17, 15) is 9.59 Å². The summed E-state index contributed by atoms with van der Waals surface area (Å²) in [6, 6.07) is 0. The third kappa shape index (κ3) is 9.82. The molecule has 1 rings (SSSR count). The van der Waals surface area contributed by atoms with E-state index in [1.807, 2.05) is 13.0 Å². The zero-order valence-electron chi connectivity index (χ0n) is 17.7. The number of esters is 1. The first kappa shape index (κ1) is 24.3. The second-order valence-corrected chi connectivity index (χ2v) is 8.76. The lowest BCUT2D eigenvalue weighted by Gasteiger charge is -2.18. The van der Waals surface area contributed by atoms with Crippen molar-refractivity contribution in [2.24, 2.45) is 11.8 Å². The van der Waals surface area contributed by atoms with E-state index in [4.69, 9.17) is 4.74 Å². The van der Waals surface area contributed by atoms with Crippen molar-refractivity contribution in [3.8, 4) is 0 Å². The molecule has 0 aromatic rings. The van der Waals surface area contributed by atoms with Crippen LogP contribution >= 0.6 is 11.8 Å². The summed E-state index contributed by atoms with van der Waals surface area (Å²) in [7, 11) is 0. The molecule has 1 fully saturated rings. The molecule has 0 N–H and O–H groups in total. The first-order valence-corrected chi connectivity index (χ1v) is 12.3. The second kappa shape index (κ2) is 15.2. The average molecular weight is 397 g/mol. The van der Waals surface area contributed by atoms with Crippen molar-refractivity contribution in [2.75, 3.05) is 12.9 Å². The maximum atomic E-state index is 12.7. The lowest BCUT2D eigenvalue weighted by atomic mass is 9.86. The minimum Gasteiger partial charge on any atom is -0.463 e. The minimum atomic E-state index is -0.259. The Balaban J connectivity index is 2.31. The summed E-state index contributed by atoms with van der Waals surface area (Å²) >= 11 is 1.74. The van der Waals surface area contributed by atoms with E-state index in [1.165, 1.54) is 51.0 Å². The Labute approximate surface area is 171 Å². The molecule has 0 amide bonds. The number of rotatable bonds is 15. The van der Waals surface area contributed by atoms with Crippen molar-refractivity contribution >= 4 is 23.5 Å². The van der Waals surface area contributed by atoms with Crippen LogP contribution in [-0.4, -0.2) is 29.9 Å². The number of Topliss-reactive ketones (excluding diaryl/α,β-unsaturated/α-hetero) is 1. The molecule has 3 atom stereocenters.